The van der Waals surface area contributed by atoms with Crippen LogP contribution in [0.4, 0.5) is 4.39 Å². The number of ether oxygens (including phenoxy) is 1. The lowest BCUT2D eigenvalue weighted by atomic mass is 9.89. The molecule has 1 fully saturated rings. The predicted molar refractivity (Wildman–Crippen MR) is 148 cm³/mol. The monoisotopic (exact) mass is 521 g/mol. The second-order valence-corrected chi connectivity index (χ2v) is 10.6. The van der Waals surface area contributed by atoms with Crippen molar-refractivity contribution in [3.05, 3.63) is 89.7 Å². The molecule has 3 nitrogen and oxygen atoms in total. The van der Waals surface area contributed by atoms with Gasteiger partial charge in [0.25, 0.3) is 0 Å². The molecule has 0 amide bonds. The third-order valence-electron chi connectivity index (χ3n) is 7.12. The van der Waals surface area contributed by atoms with Gasteiger partial charge in [-0.25, -0.2) is 4.39 Å². The van der Waals surface area contributed by atoms with Gasteiger partial charge >= 0.3 is 0 Å². The zero-order valence-corrected chi connectivity index (χ0v) is 21.5. The summed E-state index contributed by atoms with van der Waals surface area (Å²) >= 11 is 1.68. The lowest BCUT2D eigenvalue weighted by molar-refractivity contribution is 0.268. The number of rotatable bonds is 5. The van der Waals surface area contributed by atoms with Crippen LogP contribution in [0.3, 0.4) is 0 Å². The highest BCUT2D eigenvalue weighted by Gasteiger charge is 2.29. The third kappa shape index (κ3) is 4.93. The Bertz CT molecular complexity index is 1370. The van der Waals surface area contributed by atoms with E-state index in [-0.39, 0.29) is 29.2 Å². The molecule has 2 heterocycles. The number of thioether (sulfide) groups is 1. The zero-order chi connectivity index (χ0) is 23.8. The van der Waals surface area contributed by atoms with Crippen LogP contribution in [0, 0.1) is 5.82 Å². The summed E-state index contributed by atoms with van der Waals surface area (Å²) in [5, 5.41) is 15.7. The van der Waals surface area contributed by atoms with Crippen LogP contribution in [0.15, 0.2) is 77.7 Å². The summed E-state index contributed by atoms with van der Waals surface area (Å²) in [6.07, 6.45) is 4.83. The minimum absolute atomic E-state index is 0. The number of benzene rings is 4. The summed E-state index contributed by atoms with van der Waals surface area (Å²) in [4.78, 5) is 0.945. The number of fused-ring (bicyclic) bond motifs is 5. The van der Waals surface area contributed by atoms with E-state index < -0.39 is 0 Å². The van der Waals surface area contributed by atoms with E-state index in [1.807, 2.05) is 30.3 Å². The maximum atomic E-state index is 14.1. The fraction of sp³-hybridized carbons (Fsp3) is 0.267. The Balaban J connectivity index is 0.00000267. The van der Waals surface area contributed by atoms with Crippen LogP contribution in [0.25, 0.3) is 21.9 Å². The summed E-state index contributed by atoms with van der Waals surface area (Å²) < 4.78 is 20.2. The van der Waals surface area contributed by atoms with Gasteiger partial charge in [-0.15, -0.1) is 24.2 Å². The minimum atomic E-state index is -0.222. The molecule has 2 aliphatic rings. The Labute approximate surface area is 221 Å². The molecule has 2 aliphatic heterocycles. The Morgan fingerprint density at radius 3 is 2.58 bits per heavy atom. The molecule has 0 aliphatic carbocycles. The highest BCUT2D eigenvalue weighted by molar-refractivity contribution is 8.00. The Morgan fingerprint density at radius 1 is 0.944 bits per heavy atom. The molecule has 0 radical (unpaired) electrons. The van der Waals surface area contributed by atoms with Gasteiger partial charge in [-0.2, -0.15) is 0 Å². The topological polar surface area (TPSA) is 41.5 Å². The van der Waals surface area contributed by atoms with Crippen LogP contribution in [-0.4, -0.2) is 24.3 Å². The molecule has 4 aromatic carbocycles. The summed E-state index contributed by atoms with van der Waals surface area (Å²) in [5.74, 6) is 0.908. The number of halogens is 2. The first-order valence-corrected chi connectivity index (χ1v) is 13.2. The fourth-order valence-corrected chi connectivity index (χ4v) is 6.73. The number of phenols is 1. The van der Waals surface area contributed by atoms with Gasteiger partial charge in [0.2, 0.25) is 0 Å². The van der Waals surface area contributed by atoms with Crippen molar-refractivity contribution in [2.45, 2.75) is 41.9 Å². The average molecular weight is 522 g/mol. The number of aromatic hydroxyl groups is 1. The molecule has 0 saturated carbocycles. The van der Waals surface area contributed by atoms with Gasteiger partial charge in [0, 0.05) is 10.9 Å². The third-order valence-corrected chi connectivity index (χ3v) is 8.45. The van der Waals surface area contributed by atoms with Gasteiger partial charge in [-0.05, 0) is 95.2 Å². The van der Waals surface area contributed by atoms with E-state index in [0.717, 1.165) is 51.1 Å². The second-order valence-electron chi connectivity index (χ2n) is 9.42. The molecule has 4 aromatic rings. The molecule has 186 valence electrons. The largest absolute Gasteiger partial charge is 0.508 e. The lowest BCUT2D eigenvalue weighted by Crippen LogP contribution is -2.35. The van der Waals surface area contributed by atoms with Crippen molar-refractivity contribution in [3.63, 3.8) is 0 Å². The maximum absolute atomic E-state index is 14.1. The van der Waals surface area contributed by atoms with Crippen molar-refractivity contribution < 1.29 is 14.2 Å². The lowest BCUT2D eigenvalue weighted by Gasteiger charge is -2.29. The highest BCUT2D eigenvalue weighted by atomic mass is 35.5. The molecule has 6 rings (SSSR count). The van der Waals surface area contributed by atoms with Gasteiger partial charge in [-0.3, -0.25) is 0 Å². The Hall–Kier alpha value is -2.73. The molecule has 6 heteroatoms. The van der Waals surface area contributed by atoms with E-state index in [1.54, 1.807) is 30.0 Å². The van der Waals surface area contributed by atoms with Gasteiger partial charge in [-0.1, -0.05) is 42.8 Å². The van der Waals surface area contributed by atoms with E-state index in [4.69, 9.17) is 4.74 Å². The standard InChI is InChI=1S/C30H28FNO2S.ClH/c31-21-7-12-26-27-11-6-20-17-23(33)8-13-25(20)29(27)30(35-28(26)18-21)19-4-9-24(10-5-19)34-16-14-22-3-1-2-15-32-22;/h4-13,17-18,22,30,32-33H,1-3,14-16H2;1H. The molecule has 36 heavy (non-hydrogen) atoms. The normalized spacial score (nSPS) is 18.7. The number of hydrogen-bond acceptors (Lipinski definition) is 4. The van der Waals surface area contributed by atoms with Gasteiger partial charge < -0.3 is 15.2 Å². The van der Waals surface area contributed by atoms with E-state index in [9.17, 15) is 9.50 Å². The van der Waals surface area contributed by atoms with Crippen LogP contribution in [0.2, 0.25) is 0 Å². The van der Waals surface area contributed by atoms with Gasteiger partial charge in [0.1, 0.15) is 17.3 Å². The molecule has 0 aromatic heterocycles. The van der Waals surface area contributed by atoms with Crippen molar-refractivity contribution in [1.29, 1.82) is 0 Å². The first-order chi connectivity index (χ1) is 17.2. The summed E-state index contributed by atoms with van der Waals surface area (Å²) in [6, 6.07) is 23.6. The van der Waals surface area contributed by atoms with Crippen molar-refractivity contribution in [3.8, 4) is 22.6 Å². The van der Waals surface area contributed by atoms with Crippen molar-refractivity contribution >= 4 is 34.9 Å². The molecule has 2 unspecified atom stereocenters. The molecule has 0 bridgehead atoms. The first-order valence-electron chi connectivity index (χ1n) is 12.3. The average Bonchev–Trinajstić information content (AvgIpc) is 2.88. The SMILES string of the molecule is Cl.Oc1ccc2c3c(ccc2c1)-c1ccc(F)cc1SC3c1ccc(OCCC2CCCCN2)cc1. The van der Waals surface area contributed by atoms with Crippen molar-refractivity contribution in [2.75, 3.05) is 13.2 Å². The summed E-state index contributed by atoms with van der Waals surface area (Å²) in [5.41, 5.74) is 4.51. The number of nitrogens with one attached hydrogen (secondary N) is 1. The van der Waals surface area contributed by atoms with Gasteiger partial charge in [0.15, 0.2) is 0 Å². The molecular formula is C30H29ClFNO2S. The second kappa shape index (κ2) is 10.7. The van der Waals surface area contributed by atoms with Crippen molar-refractivity contribution in [1.82, 2.24) is 5.32 Å². The Morgan fingerprint density at radius 2 is 1.78 bits per heavy atom. The predicted octanol–water partition coefficient (Wildman–Crippen LogP) is 7.88. The van der Waals surface area contributed by atoms with E-state index >= 15 is 0 Å². The van der Waals surface area contributed by atoms with Gasteiger partial charge in [0.05, 0.1) is 11.9 Å². The summed E-state index contributed by atoms with van der Waals surface area (Å²) in [7, 11) is 0. The highest BCUT2D eigenvalue weighted by Crippen LogP contribution is 2.54. The molecular weight excluding hydrogens is 493 g/mol. The van der Waals surface area contributed by atoms with Crippen LogP contribution in [-0.2, 0) is 0 Å². The van der Waals surface area contributed by atoms with E-state index in [1.165, 1.54) is 30.9 Å². The summed E-state index contributed by atoms with van der Waals surface area (Å²) in [6.45, 7) is 1.82. The molecule has 2 N–H and O–H groups in total. The quantitative estimate of drug-likeness (QED) is 0.280. The Kier molecular flexibility index (Phi) is 7.42. The molecule has 0 spiro atoms. The van der Waals surface area contributed by atoms with Crippen molar-refractivity contribution in [2.24, 2.45) is 0 Å². The van der Waals surface area contributed by atoms with Crippen LogP contribution >= 0.6 is 24.2 Å². The first kappa shape index (κ1) is 24.9. The molecule has 1 saturated heterocycles. The van der Waals surface area contributed by atoms with Crippen LogP contribution in [0.5, 0.6) is 11.5 Å². The fourth-order valence-electron chi connectivity index (χ4n) is 5.32. The maximum Gasteiger partial charge on any atom is 0.124 e. The van der Waals surface area contributed by atoms with E-state index in [2.05, 4.69) is 23.5 Å². The number of phenolic OH excluding ortho intramolecular Hbond substituents is 1. The number of piperidine rings is 1. The van der Waals surface area contributed by atoms with Crippen LogP contribution in [0.1, 0.15) is 42.1 Å². The van der Waals surface area contributed by atoms with E-state index in [0.29, 0.717) is 12.6 Å². The van der Waals surface area contributed by atoms with Crippen LogP contribution < -0.4 is 10.1 Å². The molecule has 2 atom stereocenters. The smallest absolute Gasteiger partial charge is 0.124 e. The zero-order valence-electron chi connectivity index (χ0n) is 19.9. The minimum Gasteiger partial charge on any atom is -0.508 e. The number of hydrogen-bond donors (Lipinski definition) is 2.